The summed E-state index contributed by atoms with van der Waals surface area (Å²) in [4.78, 5) is 3.68. The first-order chi connectivity index (χ1) is 11.4. The van der Waals surface area contributed by atoms with Gasteiger partial charge in [0.1, 0.15) is 11.4 Å². The van der Waals surface area contributed by atoms with E-state index in [1.807, 2.05) is 4.68 Å². The molecular weight excluding hydrogens is 359 g/mol. The van der Waals surface area contributed by atoms with Crippen molar-refractivity contribution < 1.29 is 17.9 Å². The molecule has 2 aliphatic heterocycles. The number of nitrogens with one attached hydrogen (secondary N) is 1. The van der Waals surface area contributed by atoms with Gasteiger partial charge in [-0.3, -0.25) is 4.68 Å². The van der Waals surface area contributed by atoms with Crippen molar-refractivity contribution in [2.24, 2.45) is 0 Å². The Labute approximate surface area is 148 Å². The van der Waals surface area contributed by atoms with Gasteiger partial charge in [-0.15, -0.1) is 12.4 Å². The van der Waals surface area contributed by atoms with E-state index in [4.69, 9.17) is 10.5 Å². The normalized spacial score (nSPS) is 22.7. The molecule has 1 saturated heterocycles. The van der Waals surface area contributed by atoms with Crippen LogP contribution < -0.4 is 11.1 Å². The molecular formula is C15H17ClF3N5O. The number of fused-ring (bicyclic) bond motifs is 2. The Hall–Kier alpha value is -1.84. The van der Waals surface area contributed by atoms with Crippen molar-refractivity contribution in [1.82, 2.24) is 20.1 Å². The van der Waals surface area contributed by atoms with Gasteiger partial charge in [0, 0.05) is 18.3 Å². The summed E-state index contributed by atoms with van der Waals surface area (Å²) in [5.74, 6) is -0.532. The van der Waals surface area contributed by atoms with E-state index in [1.54, 1.807) is 6.07 Å². The van der Waals surface area contributed by atoms with Crippen LogP contribution in [0.3, 0.4) is 0 Å². The molecule has 6 nitrogen and oxygen atoms in total. The van der Waals surface area contributed by atoms with Crippen molar-refractivity contribution in [2.45, 2.75) is 24.7 Å². The molecule has 4 rings (SSSR count). The van der Waals surface area contributed by atoms with Gasteiger partial charge in [-0.05, 0) is 25.1 Å². The minimum atomic E-state index is -4.55. The average molecular weight is 376 g/mol. The summed E-state index contributed by atoms with van der Waals surface area (Å²) in [5, 5.41) is 7.72. The molecule has 136 valence electrons. The molecule has 3 N–H and O–H groups in total. The Morgan fingerprint density at radius 2 is 2.12 bits per heavy atom. The fraction of sp³-hybridized carbons (Fsp3) is 0.467. The number of alkyl halides is 3. The van der Waals surface area contributed by atoms with Crippen LogP contribution in [-0.2, 0) is 23.1 Å². The van der Waals surface area contributed by atoms with Gasteiger partial charge in [0.05, 0.1) is 30.1 Å². The van der Waals surface area contributed by atoms with Gasteiger partial charge in [0.15, 0.2) is 0 Å². The molecule has 0 aliphatic carbocycles. The van der Waals surface area contributed by atoms with Crippen LogP contribution in [0.4, 0.5) is 19.0 Å². The number of ether oxygens (including phenoxy) is 1. The number of aromatic nitrogens is 3. The fourth-order valence-electron chi connectivity index (χ4n) is 3.35. The van der Waals surface area contributed by atoms with Gasteiger partial charge in [-0.25, -0.2) is 4.98 Å². The third-order valence-electron chi connectivity index (χ3n) is 4.56. The lowest BCUT2D eigenvalue weighted by atomic mass is 9.96. The molecule has 1 fully saturated rings. The van der Waals surface area contributed by atoms with Crippen molar-refractivity contribution >= 4 is 18.2 Å². The molecule has 1 spiro atoms. The van der Waals surface area contributed by atoms with E-state index in [0.29, 0.717) is 31.0 Å². The monoisotopic (exact) mass is 375 g/mol. The van der Waals surface area contributed by atoms with Crippen LogP contribution in [0.2, 0.25) is 0 Å². The number of nitrogens with zero attached hydrogens (tertiary/aromatic N) is 3. The van der Waals surface area contributed by atoms with Gasteiger partial charge in [-0.2, -0.15) is 18.3 Å². The maximum atomic E-state index is 13.0. The molecule has 10 heteroatoms. The van der Waals surface area contributed by atoms with Crippen molar-refractivity contribution in [3.63, 3.8) is 0 Å². The Morgan fingerprint density at radius 1 is 1.32 bits per heavy atom. The second-order valence-corrected chi connectivity index (χ2v) is 6.06. The van der Waals surface area contributed by atoms with Crippen molar-refractivity contribution in [3.05, 3.63) is 29.6 Å². The summed E-state index contributed by atoms with van der Waals surface area (Å²) in [6.07, 6.45) is -2.42. The van der Waals surface area contributed by atoms with Gasteiger partial charge in [0.25, 0.3) is 0 Å². The smallest absolute Gasteiger partial charge is 0.383 e. The summed E-state index contributed by atoms with van der Waals surface area (Å²) in [7, 11) is 0. The maximum Gasteiger partial charge on any atom is 0.419 e. The van der Waals surface area contributed by atoms with Crippen molar-refractivity contribution in [1.29, 1.82) is 0 Å². The summed E-state index contributed by atoms with van der Waals surface area (Å²) in [5.41, 5.74) is 5.59. The second kappa shape index (κ2) is 6.15. The van der Waals surface area contributed by atoms with Crippen molar-refractivity contribution in [2.75, 3.05) is 25.4 Å². The highest BCUT2D eigenvalue weighted by Gasteiger charge is 2.42. The van der Waals surface area contributed by atoms with Crippen LogP contribution in [0.1, 0.15) is 17.7 Å². The predicted molar refractivity (Wildman–Crippen MR) is 87.2 cm³/mol. The highest BCUT2D eigenvalue weighted by molar-refractivity contribution is 5.85. The third kappa shape index (κ3) is 2.96. The first kappa shape index (κ1) is 18.0. The minimum absolute atomic E-state index is 0. The third-order valence-corrected chi connectivity index (χ3v) is 4.56. The fourth-order valence-corrected chi connectivity index (χ4v) is 3.35. The summed E-state index contributed by atoms with van der Waals surface area (Å²) >= 11 is 0. The van der Waals surface area contributed by atoms with Crippen LogP contribution in [0.15, 0.2) is 18.3 Å². The Balaban J connectivity index is 0.00000182. The molecule has 0 amide bonds. The topological polar surface area (TPSA) is 78.0 Å². The maximum absolute atomic E-state index is 13.0. The number of rotatable bonds is 1. The van der Waals surface area contributed by atoms with Gasteiger partial charge < -0.3 is 15.8 Å². The van der Waals surface area contributed by atoms with E-state index >= 15 is 0 Å². The molecule has 2 aromatic rings. The lowest BCUT2D eigenvalue weighted by Crippen LogP contribution is -2.40. The average Bonchev–Trinajstić information content (AvgIpc) is 3.15. The summed E-state index contributed by atoms with van der Waals surface area (Å²) in [6.45, 7) is 2.61. The number of hydrogen-bond acceptors (Lipinski definition) is 5. The Morgan fingerprint density at radius 3 is 2.80 bits per heavy atom. The number of nitrogens with two attached hydrogens (primary N) is 1. The van der Waals surface area contributed by atoms with E-state index in [9.17, 15) is 13.2 Å². The van der Waals surface area contributed by atoms with Crippen LogP contribution in [0, 0.1) is 0 Å². The first-order valence-electron chi connectivity index (χ1n) is 7.65. The van der Waals surface area contributed by atoms with E-state index in [0.717, 1.165) is 24.7 Å². The molecule has 0 radical (unpaired) electrons. The molecule has 4 heterocycles. The number of hydrogen-bond donors (Lipinski definition) is 2. The van der Waals surface area contributed by atoms with Crippen LogP contribution in [0.5, 0.6) is 0 Å². The first-order valence-corrected chi connectivity index (χ1v) is 7.65. The zero-order chi connectivity index (χ0) is 16.9. The second-order valence-electron chi connectivity index (χ2n) is 6.06. The molecule has 0 aromatic carbocycles. The summed E-state index contributed by atoms with van der Waals surface area (Å²) in [6, 6.07) is 2.79. The molecule has 0 bridgehead atoms. The zero-order valence-electron chi connectivity index (χ0n) is 13.1. The van der Waals surface area contributed by atoms with Gasteiger partial charge in [0.2, 0.25) is 0 Å². The van der Waals surface area contributed by atoms with E-state index in [2.05, 4.69) is 15.4 Å². The van der Waals surface area contributed by atoms with Gasteiger partial charge >= 0.3 is 6.18 Å². The van der Waals surface area contributed by atoms with E-state index in [-0.39, 0.29) is 12.4 Å². The van der Waals surface area contributed by atoms with Crippen molar-refractivity contribution in [3.8, 4) is 11.3 Å². The van der Waals surface area contributed by atoms with Crippen LogP contribution in [0.25, 0.3) is 11.3 Å². The van der Waals surface area contributed by atoms with E-state index < -0.39 is 23.2 Å². The molecule has 25 heavy (non-hydrogen) atoms. The number of pyridine rings is 1. The highest BCUT2D eigenvalue weighted by Crippen LogP contribution is 2.38. The van der Waals surface area contributed by atoms with Gasteiger partial charge in [-0.1, -0.05) is 0 Å². The summed E-state index contributed by atoms with van der Waals surface area (Å²) < 4.78 is 46.9. The van der Waals surface area contributed by atoms with Crippen LogP contribution >= 0.6 is 12.4 Å². The molecule has 0 unspecified atom stereocenters. The quantitative estimate of drug-likeness (QED) is 0.799. The number of halogens is 4. The molecule has 0 saturated carbocycles. The number of anilines is 1. The highest BCUT2D eigenvalue weighted by atomic mass is 35.5. The van der Waals surface area contributed by atoms with E-state index in [1.165, 1.54) is 6.20 Å². The SMILES string of the molecule is Cl.Nc1ncc(-c2cc3n(n2)CCO[C@@]32CCNC2)cc1C(F)(F)F. The lowest BCUT2D eigenvalue weighted by molar-refractivity contribution is -0.137. The van der Waals surface area contributed by atoms with Crippen LogP contribution in [-0.4, -0.2) is 34.5 Å². The number of nitrogen functional groups attached to an aromatic ring is 1. The predicted octanol–water partition coefficient (Wildman–Crippen LogP) is 2.19. The molecule has 1 atom stereocenters. The standard InChI is InChI=1S/C15H16F3N5O.ClH/c16-15(17,18)10-5-9(7-21-13(10)19)11-6-12-14(1-2-20-8-14)24-4-3-23(12)22-11;/h5-7,20H,1-4,8H2,(H2,19,21);1H/t14-;/m1./s1. The Kier molecular flexibility index (Phi) is 4.42. The Bertz CT molecular complexity index is 786. The molecule has 2 aliphatic rings. The molecule has 2 aromatic heterocycles. The lowest BCUT2D eigenvalue weighted by Gasteiger charge is -2.33. The minimum Gasteiger partial charge on any atom is -0.383 e. The zero-order valence-corrected chi connectivity index (χ0v) is 14.0. The largest absolute Gasteiger partial charge is 0.419 e.